The Morgan fingerprint density at radius 2 is 1.86 bits per heavy atom. The van der Waals surface area contributed by atoms with E-state index in [0.717, 1.165) is 28.1 Å². The van der Waals surface area contributed by atoms with E-state index in [9.17, 15) is 5.11 Å². The van der Waals surface area contributed by atoms with Gasteiger partial charge in [0.15, 0.2) is 5.82 Å². The number of aliphatic hydroxyl groups excluding tert-OH is 1. The summed E-state index contributed by atoms with van der Waals surface area (Å²) < 4.78 is 11.2. The minimum absolute atomic E-state index is 0.170. The number of hydrogen-bond acceptors (Lipinski definition) is 10. The van der Waals surface area contributed by atoms with Crippen LogP contribution in [-0.2, 0) is 0 Å². The van der Waals surface area contributed by atoms with Gasteiger partial charge in [0.25, 0.3) is 0 Å². The fourth-order valence-corrected chi connectivity index (χ4v) is 3.64. The van der Waals surface area contributed by atoms with E-state index in [0.29, 0.717) is 41.2 Å². The Hall–Kier alpha value is -3.89. The van der Waals surface area contributed by atoms with E-state index >= 15 is 0 Å². The molecule has 0 aliphatic heterocycles. The molecule has 1 aromatic carbocycles. The summed E-state index contributed by atoms with van der Waals surface area (Å²) in [5.41, 5.74) is 4.61. The summed E-state index contributed by atoms with van der Waals surface area (Å²) in [5.74, 6) is 3.09. The van der Waals surface area contributed by atoms with Crippen molar-refractivity contribution in [2.24, 2.45) is 0 Å². The predicted octanol–water partition coefficient (Wildman–Crippen LogP) is 3.52. The standard InChI is InChI=1S/C25H29N7O3/c1-14-23(22-15(2)32-35-16(22)3)30-25(31-24(14)29-19-10-27-17(4)28-11-19)18-7-6-8-21(9-18)34-13-20(33)12-26-5/h6-11,20,26,33H,12-13H2,1-5H3,(H,29,30,31). The number of nitrogens with zero attached hydrogens (tertiary/aromatic N) is 5. The molecule has 0 aliphatic rings. The normalized spacial score (nSPS) is 11.9. The summed E-state index contributed by atoms with van der Waals surface area (Å²) in [6.07, 6.45) is 2.81. The Labute approximate surface area is 203 Å². The van der Waals surface area contributed by atoms with Crippen LogP contribution in [0.4, 0.5) is 11.5 Å². The number of ether oxygens (including phenoxy) is 1. The van der Waals surface area contributed by atoms with Gasteiger partial charge in [-0.25, -0.2) is 19.9 Å². The quantitative estimate of drug-likeness (QED) is 0.330. The number of anilines is 2. The second-order valence-corrected chi connectivity index (χ2v) is 8.26. The first kappa shape index (κ1) is 24.2. The molecule has 10 nitrogen and oxygen atoms in total. The second kappa shape index (κ2) is 10.6. The topological polar surface area (TPSA) is 131 Å². The molecule has 0 amide bonds. The van der Waals surface area contributed by atoms with Gasteiger partial charge in [0, 0.05) is 17.7 Å². The van der Waals surface area contributed by atoms with Crippen LogP contribution in [0.3, 0.4) is 0 Å². The van der Waals surface area contributed by atoms with Gasteiger partial charge >= 0.3 is 0 Å². The minimum Gasteiger partial charge on any atom is -0.491 e. The van der Waals surface area contributed by atoms with Crippen molar-refractivity contribution in [2.75, 3.05) is 25.5 Å². The lowest BCUT2D eigenvalue weighted by Crippen LogP contribution is -2.29. The van der Waals surface area contributed by atoms with Crippen molar-refractivity contribution in [3.8, 4) is 28.4 Å². The molecule has 182 valence electrons. The first-order chi connectivity index (χ1) is 16.9. The summed E-state index contributed by atoms with van der Waals surface area (Å²) in [7, 11) is 1.78. The van der Waals surface area contributed by atoms with Crippen molar-refractivity contribution < 1.29 is 14.4 Å². The Balaban J connectivity index is 1.76. The molecule has 1 unspecified atom stereocenters. The zero-order valence-corrected chi connectivity index (χ0v) is 20.5. The number of benzene rings is 1. The molecule has 4 aromatic rings. The molecule has 0 bridgehead atoms. The fraction of sp³-hybridized carbons (Fsp3) is 0.320. The molecule has 0 fully saturated rings. The fourth-order valence-electron chi connectivity index (χ4n) is 3.64. The summed E-state index contributed by atoms with van der Waals surface area (Å²) >= 11 is 0. The highest BCUT2D eigenvalue weighted by atomic mass is 16.5. The number of likely N-dealkylation sites (N-methyl/N-ethyl adjacent to an activating group) is 1. The molecule has 0 radical (unpaired) electrons. The zero-order valence-electron chi connectivity index (χ0n) is 20.5. The van der Waals surface area contributed by atoms with Crippen LogP contribution in [0.1, 0.15) is 22.8 Å². The van der Waals surface area contributed by atoms with Crippen LogP contribution in [-0.4, -0.2) is 56.5 Å². The molecule has 0 spiro atoms. The molecule has 3 heterocycles. The zero-order chi connectivity index (χ0) is 24.9. The number of nitrogens with one attached hydrogen (secondary N) is 2. The van der Waals surface area contributed by atoms with Gasteiger partial charge in [-0.1, -0.05) is 17.3 Å². The van der Waals surface area contributed by atoms with Crippen LogP contribution in [0.2, 0.25) is 0 Å². The Bertz CT molecular complexity index is 1290. The Morgan fingerprint density at radius 1 is 1.09 bits per heavy atom. The Kier molecular flexibility index (Phi) is 7.33. The molecular weight excluding hydrogens is 446 g/mol. The van der Waals surface area contributed by atoms with E-state index in [4.69, 9.17) is 19.2 Å². The minimum atomic E-state index is -0.613. The number of aliphatic hydroxyl groups is 1. The second-order valence-electron chi connectivity index (χ2n) is 8.26. The third kappa shape index (κ3) is 5.61. The van der Waals surface area contributed by atoms with Crippen molar-refractivity contribution in [3.63, 3.8) is 0 Å². The van der Waals surface area contributed by atoms with Crippen molar-refractivity contribution in [1.82, 2.24) is 30.4 Å². The molecule has 0 aliphatic carbocycles. The number of rotatable bonds is 9. The lowest BCUT2D eigenvalue weighted by molar-refractivity contribution is 0.108. The molecule has 10 heteroatoms. The maximum atomic E-state index is 9.97. The molecule has 0 saturated heterocycles. The summed E-state index contributed by atoms with van der Waals surface area (Å²) in [4.78, 5) is 18.2. The van der Waals surface area contributed by atoms with Gasteiger partial charge in [0.1, 0.15) is 35.9 Å². The molecule has 1 atom stereocenters. The number of aromatic nitrogens is 5. The van der Waals surface area contributed by atoms with Crippen LogP contribution in [0, 0.1) is 27.7 Å². The lowest BCUT2D eigenvalue weighted by Gasteiger charge is -2.15. The van der Waals surface area contributed by atoms with E-state index in [1.54, 1.807) is 19.4 Å². The van der Waals surface area contributed by atoms with E-state index in [2.05, 4.69) is 25.8 Å². The Morgan fingerprint density at radius 3 is 2.54 bits per heavy atom. The van der Waals surface area contributed by atoms with E-state index in [-0.39, 0.29) is 6.61 Å². The monoisotopic (exact) mass is 475 g/mol. The van der Waals surface area contributed by atoms with Crippen LogP contribution in [0.15, 0.2) is 41.2 Å². The maximum absolute atomic E-state index is 9.97. The summed E-state index contributed by atoms with van der Waals surface area (Å²) in [5, 5.41) is 20.3. The molecule has 3 aromatic heterocycles. The average molecular weight is 476 g/mol. The number of aryl methyl sites for hydroxylation is 3. The van der Waals surface area contributed by atoms with Gasteiger partial charge < -0.3 is 25.0 Å². The molecule has 4 rings (SSSR count). The highest BCUT2D eigenvalue weighted by Gasteiger charge is 2.20. The van der Waals surface area contributed by atoms with E-state index in [1.807, 2.05) is 52.0 Å². The lowest BCUT2D eigenvalue weighted by atomic mass is 10.0. The summed E-state index contributed by atoms with van der Waals surface area (Å²) in [6, 6.07) is 7.47. The molecule has 0 saturated carbocycles. The van der Waals surface area contributed by atoms with Gasteiger partial charge in [-0.05, 0) is 46.9 Å². The van der Waals surface area contributed by atoms with Crippen molar-refractivity contribution in [3.05, 3.63) is 59.5 Å². The average Bonchev–Trinajstić information content (AvgIpc) is 3.18. The molecular formula is C25H29N7O3. The SMILES string of the molecule is CNCC(O)COc1cccc(-c2nc(Nc3cnc(C)nc3)c(C)c(-c3c(C)noc3C)n2)c1. The van der Waals surface area contributed by atoms with Crippen LogP contribution in [0.25, 0.3) is 22.6 Å². The molecule has 3 N–H and O–H groups in total. The van der Waals surface area contributed by atoms with Gasteiger partial charge in [0.05, 0.1) is 35.0 Å². The van der Waals surface area contributed by atoms with E-state index in [1.165, 1.54) is 0 Å². The van der Waals surface area contributed by atoms with Gasteiger partial charge in [-0.15, -0.1) is 0 Å². The summed E-state index contributed by atoms with van der Waals surface area (Å²) in [6.45, 7) is 8.15. The third-order valence-corrected chi connectivity index (χ3v) is 5.43. The van der Waals surface area contributed by atoms with Crippen molar-refractivity contribution >= 4 is 11.5 Å². The molecule has 35 heavy (non-hydrogen) atoms. The van der Waals surface area contributed by atoms with Gasteiger partial charge in [-0.3, -0.25) is 0 Å². The first-order valence-electron chi connectivity index (χ1n) is 11.3. The van der Waals surface area contributed by atoms with Gasteiger partial charge in [0.2, 0.25) is 0 Å². The largest absolute Gasteiger partial charge is 0.491 e. The van der Waals surface area contributed by atoms with Crippen molar-refractivity contribution in [1.29, 1.82) is 0 Å². The third-order valence-electron chi connectivity index (χ3n) is 5.43. The van der Waals surface area contributed by atoms with Crippen LogP contribution < -0.4 is 15.4 Å². The highest BCUT2D eigenvalue weighted by Crippen LogP contribution is 2.34. The first-order valence-corrected chi connectivity index (χ1v) is 11.3. The van der Waals surface area contributed by atoms with Crippen molar-refractivity contribution in [2.45, 2.75) is 33.8 Å². The van der Waals surface area contributed by atoms with Crippen LogP contribution >= 0.6 is 0 Å². The van der Waals surface area contributed by atoms with E-state index < -0.39 is 6.10 Å². The highest BCUT2D eigenvalue weighted by molar-refractivity contribution is 5.76. The number of hydrogen-bond donors (Lipinski definition) is 3. The predicted molar refractivity (Wildman–Crippen MR) is 133 cm³/mol. The smallest absolute Gasteiger partial charge is 0.162 e. The van der Waals surface area contributed by atoms with Gasteiger partial charge in [-0.2, -0.15) is 0 Å². The maximum Gasteiger partial charge on any atom is 0.162 e. The van der Waals surface area contributed by atoms with Crippen LogP contribution in [0.5, 0.6) is 5.75 Å².